The van der Waals surface area contributed by atoms with Crippen LogP contribution in [0.4, 0.5) is 0 Å². The smallest absolute Gasteiger partial charge is 0.278 e. The third kappa shape index (κ3) is 2.79. The summed E-state index contributed by atoms with van der Waals surface area (Å²) in [5.41, 5.74) is 0. The van der Waals surface area contributed by atoms with Gasteiger partial charge in [-0.05, 0) is 30.5 Å². The Balaban J connectivity index is 1.79. The fourth-order valence-electron chi connectivity index (χ4n) is 2.06. The minimum atomic E-state index is -3.88. The molecule has 22 heavy (non-hydrogen) atoms. The summed E-state index contributed by atoms with van der Waals surface area (Å²) in [6.45, 7) is 1.65. The first-order chi connectivity index (χ1) is 10.5. The van der Waals surface area contributed by atoms with Gasteiger partial charge in [-0.2, -0.15) is 0 Å². The normalized spacial score (nSPS) is 20.4. The zero-order chi connectivity index (χ0) is 15.7. The van der Waals surface area contributed by atoms with Gasteiger partial charge in [-0.1, -0.05) is 18.2 Å². The van der Waals surface area contributed by atoms with Gasteiger partial charge in [0.05, 0.1) is 0 Å². The number of amides is 1. The maximum absolute atomic E-state index is 12.2. The fourth-order valence-corrected chi connectivity index (χ4v) is 4.05. The van der Waals surface area contributed by atoms with Crippen molar-refractivity contribution in [3.63, 3.8) is 0 Å². The molecule has 0 fully saturated rings. The van der Waals surface area contributed by atoms with Crippen LogP contribution in [0.25, 0.3) is 0 Å². The van der Waals surface area contributed by atoms with Crippen molar-refractivity contribution in [2.45, 2.75) is 23.3 Å². The monoisotopic (exact) mass is 339 g/mol. The molecule has 0 saturated heterocycles. The summed E-state index contributed by atoms with van der Waals surface area (Å²) in [6.07, 6.45) is -1.64. The first-order valence-electron chi connectivity index (χ1n) is 6.50. The number of carbonyl (C=O) groups excluding carboxylic acids is 1. The summed E-state index contributed by atoms with van der Waals surface area (Å²) in [5, 5.41) is 1.62. The third-order valence-electron chi connectivity index (χ3n) is 3.10. The van der Waals surface area contributed by atoms with Crippen LogP contribution in [0, 0.1) is 0 Å². The minimum absolute atomic E-state index is 0.0747. The van der Waals surface area contributed by atoms with Crippen molar-refractivity contribution in [3.05, 3.63) is 41.8 Å². The van der Waals surface area contributed by atoms with E-state index in [-0.39, 0.29) is 4.21 Å². The van der Waals surface area contributed by atoms with E-state index in [4.69, 9.17) is 9.47 Å². The van der Waals surface area contributed by atoms with Crippen LogP contribution in [0.15, 0.2) is 46.0 Å². The van der Waals surface area contributed by atoms with Gasteiger partial charge in [0.2, 0.25) is 6.10 Å². The number of para-hydroxylation sites is 2. The second-order valence-electron chi connectivity index (χ2n) is 4.71. The molecule has 1 aliphatic heterocycles. The van der Waals surface area contributed by atoms with Gasteiger partial charge in [-0.25, -0.2) is 13.1 Å². The lowest BCUT2D eigenvalue weighted by molar-refractivity contribution is -0.131. The number of carbonyl (C=O) groups is 1. The number of ether oxygens (including phenoxy) is 2. The molecule has 1 aliphatic rings. The zero-order valence-corrected chi connectivity index (χ0v) is 13.2. The molecule has 6 nitrogen and oxygen atoms in total. The first-order valence-corrected chi connectivity index (χ1v) is 8.86. The summed E-state index contributed by atoms with van der Waals surface area (Å²) >= 11 is 1.03. The number of thiophene rings is 1. The highest BCUT2D eigenvalue weighted by molar-refractivity contribution is 7.92. The highest BCUT2D eigenvalue weighted by Crippen LogP contribution is 2.33. The average molecular weight is 339 g/mol. The van der Waals surface area contributed by atoms with Crippen molar-refractivity contribution in [3.8, 4) is 11.5 Å². The Bertz CT molecular complexity index is 785. The second-order valence-corrected chi connectivity index (χ2v) is 7.57. The van der Waals surface area contributed by atoms with Gasteiger partial charge in [-0.3, -0.25) is 4.79 Å². The molecular formula is C14H13NO5S2. The Morgan fingerprint density at radius 3 is 2.45 bits per heavy atom. The number of hydrogen-bond donors (Lipinski definition) is 1. The highest BCUT2D eigenvalue weighted by atomic mass is 32.2. The summed E-state index contributed by atoms with van der Waals surface area (Å²) in [5.74, 6) is 0.185. The summed E-state index contributed by atoms with van der Waals surface area (Å²) in [7, 11) is -3.88. The van der Waals surface area contributed by atoms with Crippen molar-refractivity contribution >= 4 is 27.3 Å². The maximum atomic E-state index is 12.2. The van der Waals surface area contributed by atoms with E-state index in [2.05, 4.69) is 0 Å². The Labute approximate surface area is 131 Å². The lowest BCUT2D eigenvalue weighted by Crippen LogP contribution is -2.50. The van der Waals surface area contributed by atoms with Crippen LogP contribution in [-0.2, 0) is 14.8 Å². The first kappa shape index (κ1) is 14.9. The van der Waals surface area contributed by atoms with E-state index in [1.165, 1.54) is 6.07 Å². The van der Waals surface area contributed by atoms with E-state index >= 15 is 0 Å². The molecule has 3 rings (SSSR count). The molecule has 0 spiro atoms. The predicted molar refractivity (Wildman–Crippen MR) is 80.6 cm³/mol. The molecule has 0 radical (unpaired) electrons. The third-order valence-corrected chi connectivity index (χ3v) is 5.84. The largest absolute Gasteiger partial charge is 0.482 e. The molecule has 1 aromatic carbocycles. The van der Waals surface area contributed by atoms with Gasteiger partial charge in [0.25, 0.3) is 15.9 Å². The summed E-state index contributed by atoms with van der Waals surface area (Å²) < 4.78 is 37.4. The lowest BCUT2D eigenvalue weighted by Gasteiger charge is -2.30. The Morgan fingerprint density at radius 2 is 1.82 bits per heavy atom. The van der Waals surface area contributed by atoms with E-state index in [9.17, 15) is 13.2 Å². The molecule has 0 saturated carbocycles. The standard InChI is InChI=1S/C14H13NO5S2/c1-9-13(20-11-6-3-2-5-10(11)19-9)14(16)15-22(17,18)12-7-4-8-21-12/h2-9,13H,1H3,(H,15,16)/t9-,13+/m1/s1. The number of nitrogens with one attached hydrogen (secondary N) is 1. The Morgan fingerprint density at radius 1 is 1.14 bits per heavy atom. The van der Waals surface area contributed by atoms with Crippen LogP contribution in [0.2, 0.25) is 0 Å². The fraction of sp³-hybridized carbons (Fsp3) is 0.214. The molecular weight excluding hydrogens is 326 g/mol. The molecule has 1 aromatic heterocycles. The molecule has 1 N–H and O–H groups in total. The van der Waals surface area contributed by atoms with Crippen molar-refractivity contribution in [1.82, 2.24) is 4.72 Å². The number of fused-ring (bicyclic) bond motifs is 1. The topological polar surface area (TPSA) is 81.7 Å². The number of rotatable bonds is 3. The van der Waals surface area contributed by atoms with E-state index in [1.807, 2.05) is 4.72 Å². The molecule has 0 bridgehead atoms. The molecule has 8 heteroatoms. The second kappa shape index (κ2) is 5.62. The lowest BCUT2D eigenvalue weighted by atomic mass is 10.2. The van der Waals surface area contributed by atoms with Crippen LogP contribution in [0.1, 0.15) is 6.92 Å². The van der Waals surface area contributed by atoms with Crippen LogP contribution in [-0.4, -0.2) is 26.5 Å². The molecule has 2 aromatic rings. The van der Waals surface area contributed by atoms with Gasteiger partial charge in [0, 0.05) is 0 Å². The van der Waals surface area contributed by atoms with Crippen LogP contribution in [0.5, 0.6) is 11.5 Å². The number of hydrogen-bond acceptors (Lipinski definition) is 6. The quantitative estimate of drug-likeness (QED) is 0.922. The zero-order valence-electron chi connectivity index (χ0n) is 11.6. The SMILES string of the molecule is C[C@H]1Oc2ccccc2O[C@@H]1C(=O)NS(=O)(=O)c1cccs1. The number of benzene rings is 1. The van der Waals surface area contributed by atoms with Gasteiger partial charge in [0.1, 0.15) is 10.3 Å². The molecule has 2 atom stereocenters. The van der Waals surface area contributed by atoms with E-state index < -0.39 is 28.1 Å². The summed E-state index contributed by atoms with van der Waals surface area (Å²) in [4.78, 5) is 12.2. The number of sulfonamides is 1. The van der Waals surface area contributed by atoms with Crippen LogP contribution >= 0.6 is 11.3 Å². The van der Waals surface area contributed by atoms with Crippen molar-refractivity contribution in [1.29, 1.82) is 0 Å². The van der Waals surface area contributed by atoms with Crippen molar-refractivity contribution in [2.75, 3.05) is 0 Å². The molecule has 2 heterocycles. The molecule has 0 aliphatic carbocycles. The van der Waals surface area contributed by atoms with Crippen LogP contribution in [0.3, 0.4) is 0 Å². The van der Waals surface area contributed by atoms with E-state index in [0.29, 0.717) is 11.5 Å². The Hall–Kier alpha value is -2.06. The van der Waals surface area contributed by atoms with Gasteiger partial charge >= 0.3 is 0 Å². The predicted octanol–water partition coefficient (Wildman–Crippen LogP) is 1.78. The summed E-state index contributed by atoms with van der Waals surface area (Å²) in [6, 6.07) is 9.95. The highest BCUT2D eigenvalue weighted by Gasteiger charge is 2.36. The van der Waals surface area contributed by atoms with E-state index in [1.54, 1.807) is 42.6 Å². The van der Waals surface area contributed by atoms with Gasteiger partial charge in [-0.15, -0.1) is 11.3 Å². The van der Waals surface area contributed by atoms with Crippen molar-refractivity contribution < 1.29 is 22.7 Å². The van der Waals surface area contributed by atoms with E-state index in [0.717, 1.165) is 11.3 Å². The Kier molecular flexibility index (Phi) is 3.79. The molecule has 1 amide bonds. The van der Waals surface area contributed by atoms with Crippen molar-refractivity contribution in [2.24, 2.45) is 0 Å². The average Bonchev–Trinajstić information content (AvgIpc) is 3.01. The maximum Gasteiger partial charge on any atom is 0.278 e. The van der Waals surface area contributed by atoms with Gasteiger partial charge < -0.3 is 9.47 Å². The molecule has 0 unspecified atom stereocenters. The minimum Gasteiger partial charge on any atom is -0.482 e. The molecule has 116 valence electrons. The van der Waals surface area contributed by atoms with Crippen LogP contribution < -0.4 is 14.2 Å². The van der Waals surface area contributed by atoms with Gasteiger partial charge in [0.15, 0.2) is 11.5 Å².